The lowest BCUT2D eigenvalue weighted by atomic mass is 9.91. The molecule has 98 valence electrons. The van der Waals surface area contributed by atoms with Gasteiger partial charge in [0.25, 0.3) is 0 Å². The zero-order valence-corrected chi connectivity index (χ0v) is 11.2. The van der Waals surface area contributed by atoms with E-state index in [9.17, 15) is 4.79 Å². The minimum absolute atomic E-state index is 0.107. The van der Waals surface area contributed by atoms with Crippen LogP contribution in [-0.4, -0.2) is 29.4 Å². The van der Waals surface area contributed by atoms with Gasteiger partial charge in [0.15, 0.2) is 0 Å². The molecule has 3 nitrogen and oxygen atoms in total. The third kappa shape index (κ3) is 2.65. The Labute approximate surface area is 105 Å². The van der Waals surface area contributed by atoms with Crippen LogP contribution in [0.5, 0.6) is 0 Å². The maximum Gasteiger partial charge on any atom is 0.226 e. The molecule has 1 saturated carbocycles. The smallest absolute Gasteiger partial charge is 0.226 e. The second-order valence-corrected chi connectivity index (χ2v) is 5.97. The molecule has 0 aromatic heterocycles. The summed E-state index contributed by atoms with van der Waals surface area (Å²) < 4.78 is 0. The summed E-state index contributed by atoms with van der Waals surface area (Å²) in [5.41, 5.74) is 6.03. The van der Waals surface area contributed by atoms with Crippen molar-refractivity contribution in [3.8, 4) is 0 Å². The molecular formula is C14H26N2O. The summed E-state index contributed by atoms with van der Waals surface area (Å²) in [6.45, 7) is 5.18. The topological polar surface area (TPSA) is 46.3 Å². The fraction of sp³-hybridized carbons (Fsp3) is 0.929. The van der Waals surface area contributed by atoms with Gasteiger partial charge >= 0.3 is 0 Å². The Kier molecular flexibility index (Phi) is 4.08. The molecule has 1 aliphatic carbocycles. The van der Waals surface area contributed by atoms with Gasteiger partial charge < -0.3 is 10.6 Å². The monoisotopic (exact) mass is 238 g/mol. The van der Waals surface area contributed by atoms with Crippen molar-refractivity contribution < 1.29 is 4.79 Å². The summed E-state index contributed by atoms with van der Waals surface area (Å²) in [6.07, 6.45) is 6.97. The maximum atomic E-state index is 12.6. The minimum Gasteiger partial charge on any atom is -0.338 e. The second-order valence-electron chi connectivity index (χ2n) is 5.97. The number of carbonyl (C=O) groups is 1. The Morgan fingerprint density at radius 1 is 1.24 bits per heavy atom. The van der Waals surface area contributed by atoms with Gasteiger partial charge in [-0.15, -0.1) is 0 Å². The number of rotatable bonds is 2. The molecule has 1 aliphatic heterocycles. The average Bonchev–Trinajstić information content (AvgIpc) is 2.74. The van der Waals surface area contributed by atoms with Gasteiger partial charge in [-0.2, -0.15) is 0 Å². The average molecular weight is 238 g/mol. The molecule has 0 aromatic rings. The van der Waals surface area contributed by atoms with Crippen molar-refractivity contribution in [2.45, 2.75) is 64.5 Å². The third-order valence-electron chi connectivity index (χ3n) is 4.62. The Hall–Kier alpha value is -0.570. The first-order valence-corrected chi connectivity index (χ1v) is 7.17. The van der Waals surface area contributed by atoms with Gasteiger partial charge in [-0.3, -0.25) is 4.79 Å². The fourth-order valence-corrected chi connectivity index (χ4v) is 3.50. The van der Waals surface area contributed by atoms with Crippen LogP contribution in [0.4, 0.5) is 0 Å². The van der Waals surface area contributed by atoms with E-state index < -0.39 is 0 Å². The fourth-order valence-electron chi connectivity index (χ4n) is 3.50. The number of likely N-dealkylation sites (tertiary alicyclic amines) is 1. The molecule has 0 radical (unpaired) electrons. The van der Waals surface area contributed by atoms with Crippen LogP contribution in [-0.2, 0) is 4.79 Å². The zero-order valence-electron chi connectivity index (χ0n) is 11.2. The molecule has 2 N–H and O–H groups in total. The highest BCUT2D eigenvalue weighted by Gasteiger charge is 2.37. The summed E-state index contributed by atoms with van der Waals surface area (Å²) in [7, 11) is 0. The summed E-state index contributed by atoms with van der Waals surface area (Å²) >= 11 is 0. The molecule has 4 atom stereocenters. The van der Waals surface area contributed by atoms with Gasteiger partial charge in [0.1, 0.15) is 0 Å². The molecule has 2 aliphatic rings. The zero-order chi connectivity index (χ0) is 12.4. The Morgan fingerprint density at radius 2 is 2.00 bits per heavy atom. The van der Waals surface area contributed by atoms with E-state index in [0.29, 0.717) is 11.8 Å². The van der Waals surface area contributed by atoms with Crippen molar-refractivity contribution in [3.63, 3.8) is 0 Å². The minimum atomic E-state index is 0.107. The van der Waals surface area contributed by atoms with Crippen molar-refractivity contribution in [3.05, 3.63) is 0 Å². The molecule has 1 saturated heterocycles. The van der Waals surface area contributed by atoms with Crippen molar-refractivity contribution in [2.75, 3.05) is 6.54 Å². The molecule has 4 unspecified atom stereocenters. The highest BCUT2D eigenvalue weighted by Crippen LogP contribution is 2.34. The van der Waals surface area contributed by atoms with Crippen LogP contribution < -0.4 is 5.73 Å². The molecular weight excluding hydrogens is 212 g/mol. The SMILES string of the molecule is CC(N)C1CCCCN1C(=O)C1CCCC1C. The summed E-state index contributed by atoms with van der Waals surface area (Å²) in [4.78, 5) is 14.7. The van der Waals surface area contributed by atoms with Crippen molar-refractivity contribution in [2.24, 2.45) is 17.6 Å². The quantitative estimate of drug-likeness (QED) is 0.801. The lowest BCUT2D eigenvalue weighted by Crippen LogP contribution is -2.53. The summed E-state index contributed by atoms with van der Waals surface area (Å²) in [5.74, 6) is 1.23. The first-order chi connectivity index (χ1) is 8.11. The van der Waals surface area contributed by atoms with Crippen LogP contribution in [0.2, 0.25) is 0 Å². The molecule has 2 rings (SSSR count). The normalized spacial score (nSPS) is 35.9. The van der Waals surface area contributed by atoms with Crippen LogP contribution >= 0.6 is 0 Å². The van der Waals surface area contributed by atoms with Crippen LogP contribution in [0.15, 0.2) is 0 Å². The predicted molar refractivity (Wildman–Crippen MR) is 69.5 cm³/mol. The van der Waals surface area contributed by atoms with Gasteiger partial charge in [-0.1, -0.05) is 13.3 Å². The Morgan fingerprint density at radius 3 is 2.59 bits per heavy atom. The summed E-state index contributed by atoms with van der Waals surface area (Å²) in [6, 6.07) is 0.389. The molecule has 0 spiro atoms. The van der Waals surface area contributed by atoms with Gasteiger partial charge in [0.2, 0.25) is 5.91 Å². The number of nitrogens with zero attached hydrogens (tertiary/aromatic N) is 1. The highest BCUT2D eigenvalue weighted by molar-refractivity contribution is 5.80. The van der Waals surface area contributed by atoms with Gasteiger partial charge in [0.05, 0.1) is 0 Å². The van der Waals surface area contributed by atoms with Crippen LogP contribution in [0.3, 0.4) is 0 Å². The predicted octanol–water partition coefficient (Wildman–Crippen LogP) is 2.15. The molecule has 1 heterocycles. The van der Waals surface area contributed by atoms with Crippen molar-refractivity contribution >= 4 is 5.91 Å². The highest BCUT2D eigenvalue weighted by atomic mass is 16.2. The van der Waals surface area contributed by atoms with Gasteiger partial charge in [-0.05, 0) is 44.9 Å². The van der Waals surface area contributed by atoms with Crippen LogP contribution in [0.25, 0.3) is 0 Å². The molecule has 3 heteroatoms. The lowest BCUT2D eigenvalue weighted by Gasteiger charge is -2.40. The largest absolute Gasteiger partial charge is 0.338 e. The molecule has 0 bridgehead atoms. The van der Waals surface area contributed by atoms with Crippen molar-refractivity contribution in [1.82, 2.24) is 4.90 Å². The number of piperidine rings is 1. The molecule has 1 amide bonds. The summed E-state index contributed by atoms with van der Waals surface area (Å²) in [5, 5.41) is 0. The number of amides is 1. The van der Waals surface area contributed by atoms with Crippen LogP contribution in [0.1, 0.15) is 52.4 Å². The van der Waals surface area contributed by atoms with E-state index in [2.05, 4.69) is 11.8 Å². The van der Waals surface area contributed by atoms with Gasteiger partial charge in [0, 0.05) is 24.5 Å². The maximum absolute atomic E-state index is 12.6. The second kappa shape index (κ2) is 5.38. The standard InChI is InChI=1S/C14H26N2O/c1-10-6-5-7-12(10)14(17)16-9-4-3-8-13(16)11(2)15/h10-13H,3-9,15H2,1-2H3. The lowest BCUT2D eigenvalue weighted by molar-refractivity contribution is -0.140. The van der Waals surface area contributed by atoms with E-state index in [1.165, 1.54) is 19.3 Å². The van der Waals surface area contributed by atoms with Gasteiger partial charge in [-0.25, -0.2) is 0 Å². The molecule has 2 fully saturated rings. The first-order valence-electron chi connectivity index (χ1n) is 7.17. The van der Waals surface area contributed by atoms with Crippen molar-refractivity contribution in [1.29, 1.82) is 0 Å². The van der Waals surface area contributed by atoms with E-state index in [-0.39, 0.29) is 18.0 Å². The van der Waals surface area contributed by atoms with E-state index in [0.717, 1.165) is 25.8 Å². The number of carbonyl (C=O) groups excluding carboxylic acids is 1. The third-order valence-corrected chi connectivity index (χ3v) is 4.62. The number of hydrogen-bond acceptors (Lipinski definition) is 2. The molecule has 0 aromatic carbocycles. The van der Waals surface area contributed by atoms with E-state index in [1.54, 1.807) is 0 Å². The Bertz CT molecular complexity index is 277. The molecule has 17 heavy (non-hydrogen) atoms. The Balaban J connectivity index is 2.05. The van der Waals surface area contributed by atoms with E-state index in [4.69, 9.17) is 5.73 Å². The number of hydrogen-bond donors (Lipinski definition) is 1. The number of nitrogens with two attached hydrogens (primary N) is 1. The van der Waals surface area contributed by atoms with Crippen LogP contribution in [0, 0.1) is 11.8 Å². The first kappa shape index (κ1) is 12.9. The van der Waals surface area contributed by atoms with E-state index >= 15 is 0 Å². The van der Waals surface area contributed by atoms with E-state index in [1.807, 2.05) is 6.92 Å².